The molecule has 2 aromatic rings. The Bertz CT molecular complexity index is 1320. The van der Waals surface area contributed by atoms with Gasteiger partial charge < -0.3 is 14.8 Å². The largest absolute Gasteiger partial charge is 0.376 e. The van der Waals surface area contributed by atoms with Crippen molar-refractivity contribution in [1.29, 1.82) is 0 Å². The number of para-hydroxylation sites is 2. The van der Waals surface area contributed by atoms with Gasteiger partial charge in [-0.3, -0.25) is 0 Å². The molecule has 0 N–H and O–H groups in total. The van der Waals surface area contributed by atoms with E-state index < -0.39 is 5.38 Å². The number of alkyl halides is 1. The Hall–Kier alpha value is -1.54. The van der Waals surface area contributed by atoms with E-state index in [-0.39, 0.29) is 25.6 Å². The molecule has 260 valence electrons. The molecule has 7 heteroatoms. The van der Waals surface area contributed by atoms with Gasteiger partial charge in [0, 0.05) is 43.4 Å². The first kappa shape index (κ1) is 39.9. The molecule has 2 aliphatic rings. The third-order valence-corrected chi connectivity index (χ3v) is 11.5. The zero-order chi connectivity index (χ0) is 33.5. The second-order valence-corrected chi connectivity index (χ2v) is 13.8. The number of rotatable bonds is 14. The quantitative estimate of drug-likeness (QED) is 0.108. The van der Waals surface area contributed by atoms with Crippen LogP contribution in [0.25, 0.3) is 0 Å². The fourth-order valence-corrected chi connectivity index (χ4v) is 8.32. The van der Waals surface area contributed by atoms with Crippen LogP contribution in [0.1, 0.15) is 153 Å². The minimum Gasteiger partial charge on any atom is -0.376 e. The van der Waals surface area contributed by atoms with E-state index in [0.717, 1.165) is 62.8 Å². The van der Waals surface area contributed by atoms with Crippen LogP contribution in [-0.4, -0.2) is 10.5 Å². The number of halogens is 3. The van der Waals surface area contributed by atoms with E-state index in [1.807, 2.05) is 0 Å². The molecule has 0 fully saturated rings. The van der Waals surface area contributed by atoms with Crippen molar-refractivity contribution in [2.75, 3.05) is 9.80 Å². The van der Waals surface area contributed by atoms with Crippen LogP contribution < -0.4 is 9.80 Å². The molecule has 1 atom stereocenters. The van der Waals surface area contributed by atoms with E-state index in [2.05, 4.69) is 125 Å². The molecule has 3 nitrogen and oxygen atoms in total. The van der Waals surface area contributed by atoms with E-state index in [1.165, 1.54) is 33.6 Å². The van der Waals surface area contributed by atoms with Crippen LogP contribution in [0.15, 0.2) is 70.2 Å². The third kappa shape index (κ3) is 7.94. The van der Waals surface area contributed by atoms with Crippen molar-refractivity contribution in [3.05, 3.63) is 93.7 Å². The topological polar surface area (TPSA) is 18.8 Å². The van der Waals surface area contributed by atoms with Crippen molar-refractivity contribution in [3.8, 4) is 0 Å². The average molecular weight is 789 g/mol. The van der Waals surface area contributed by atoms with Crippen LogP contribution in [0.4, 0.5) is 11.4 Å². The van der Waals surface area contributed by atoms with Crippen molar-refractivity contribution in [1.82, 2.24) is 0 Å². The summed E-state index contributed by atoms with van der Waals surface area (Å²) in [5.41, 5.74) is 8.65. The van der Waals surface area contributed by atoms with Crippen molar-refractivity contribution in [2.45, 2.75) is 136 Å². The first-order valence-electron chi connectivity index (χ1n) is 17.7. The third-order valence-electron chi connectivity index (χ3n) is 10.4. The zero-order valence-corrected chi connectivity index (χ0v) is 33.3. The predicted octanol–water partition coefficient (Wildman–Crippen LogP) is 13.4. The number of benzene rings is 2. The van der Waals surface area contributed by atoms with Crippen LogP contribution >= 0.6 is 34.8 Å². The average Bonchev–Trinajstić information content (AvgIpc) is 3.49. The van der Waals surface area contributed by atoms with Gasteiger partial charge in [0.1, 0.15) is 0 Å². The van der Waals surface area contributed by atoms with Crippen molar-refractivity contribution >= 4 is 51.3 Å². The van der Waals surface area contributed by atoms with Crippen LogP contribution in [0.5, 0.6) is 0 Å². The summed E-state index contributed by atoms with van der Waals surface area (Å²) in [4.78, 5) is 8.97. The van der Waals surface area contributed by atoms with Crippen molar-refractivity contribution in [3.63, 3.8) is 0 Å². The molecule has 0 aromatic heterocycles. The minimum atomic E-state index is -0.705. The number of aliphatic imine (C=N–C) groups is 1. The summed E-state index contributed by atoms with van der Waals surface area (Å²) in [5.74, 6) is 2.57. The summed E-state index contributed by atoms with van der Waals surface area (Å²) in [7, 11) is 0. The Morgan fingerprint density at radius 2 is 0.936 bits per heavy atom. The summed E-state index contributed by atoms with van der Waals surface area (Å²) in [6, 6.07) is 13.8. The Labute approximate surface area is 314 Å². The number of anilines is 2. The van der Waals surface area contributed by atoms with Gasteiger partial charge in [-0.25, -0.2) is 0 Å². The molecular formula is C40H53Cl3N3Pd-. The summed E-state index contributed by atoms with van der Waals surface area (Å²) in [5, 5.41) is -0.0298. The van der Waals surface area contributed by atoms with Gasteiger partial charge in [-0.2, -0.15) is 0 Å². The summed E-state index contributed by atoms with van der Waals surface area (Å²) in [6.07, 6.45) is 15.9. The van der Waals surface area contributed by atoms with Crippen LogP contribution in [0.3, 0.4) is 0 Å². The van der Waals surface area contributed by atoms with Gasteiger partial charge in [-0.05, 0) is 102 Å². The monoisotopic (exact) mass is 786 g/mol. The molecule has 0 amide bonds. The van der Waals surface area contributed by atoms with Crippen LogP contribution in [-0.2, 0) is 20.4 Å². The molecule has 2 heterocycles. The maximum absolute atomic E-state index is 7.19. The standard InChI is InChI=1S/C40H53Cl3N3.Pd/c1-9-26(10-2)30-19-17-20-31(27(11-3)12-4)37(30)45-23-24-46(40(45)35-34(41)25-44-39(43)36(35)42)38-32(28(13-5)14-6)21-18-22-33(38)29(15-7)16-8;/h17-24,26-29,36H,9-16H2,1-8H3;/q-1;. The SMILES string of the molecule is CCC(CC)c1cccc(C(CC)CC)c1N1C=CN(c2c(C(CC)CC)cccc2C(CC)CC)C1=C1C(Cl)=[C-]N=C(Cl)C1Cl.[Pd]. The van der Waals surface area contributed by atoms with E-state index in [0.29, 0.717) is 28.7 Å². The van der Waals surface area contributed by atoms with Gasteiger partial charge in [-0.15, -0.1) is 34.8 Å². The van der Waals surface area contributed by atoms with Gasteiger partial charge >= 0.3 is 0 Å². The first-order valence-corrected chi connectivity index (χ1v) is 18.9. The number of hydrogen-bond acceptors (Lipinski definition) is 3. The molecule has 0 saturated carbocycles. The van der Waals surface area contributed by atoms with Gasteiger partial charge in [-0.1, -0.05) is 104 Å². The van der Waals surface area contributed by atoms with Crippen LogP contribution in [0.2, 0.25) is 0 Å². The molecule has 0 radical (unpaired) electrons. The molecule has 0 spiro atoms. The van der Waals surface area contributed by atoms with E-state index in [9.17, 15) is 0 Å². The van der Waals surface area contributed by atoms with Crippen LogP contribution in [0, 0.1) is 6.20 Å². The van der Waals surface area contributed by atoms with Gasteiger partial charge in [0.05, 0.1) is 17.2 Å². The van der Waals surface area contributed by atoms with Gasteiger partial charge in [0.15, 0.2) is 0 Å². The second kappa shape index (κ2) is 18.5. The fourth-order valence-electron chi connectivity index (χ4n) is 7.62. The summed E-state index contributed by atoms with van der Waals surface area (Å²) in [6.45, 7) is 18.3. The Kier molecular flexibility index (Phi) is 15.7. The molecule has 2 aliphatic heterocycles. The van der Waals surface area contributed by atoms with Crippen molar-refractivity contribution < 1.29 is 20.4 Å². The molecule has 0 saturated heterocycles. The van der Waals surface area contributed by atoms with Gasteiger partial charge in [0.2, 0.25) is 0 Å². The van der Waals surface area contributed by atoms with E-state index >= 15 is 0 Å². The number of hydrogen-bond donors (Lipinski definition) is 0. The maximum atomic E-state index is 7.19. The Morgan fingerprint density at radius 1 is 0.617 bits per heavy atom. The molecule has 0 bridgehead atoms. The second-order valence-electron chi connectivity index (χ2n) is 12.6. The smallest absolute Gasteiger partial charge is 0.0695 e. The Morgan fingerprint density at radius 3 is 1.23 bits per heavy atom. The molecule has 1 unspecified atom stereocenters. The van der Waals surface area contributed by atoms with Crippen molar-refractivity contribution in [2.24, 2.45) is 4.99 Å². The molecule has 4 rings (SSSR count). The minimum absolute atomic E-state index is 0. The molecular weight excluding hydrogens is 735 g/mol. The Balaban J connectivity index is 0.00000600. The van der Waals surface area contributed by atoms with Gasteiger partial charge in [0.25, 0.3) is 0 Å². The first-order chi connectivity index (χ1) is 22.3. The fraction of sp³-hybridized carbons (Fsp3) is 0.525. The predicted molar refractivity (Wildman–Crippen MR) is 203 cm³/mol. The normalized spacial score (nSPS) is 16.6. The number of allylic oxidation sites excluding steroid dienone is 2. The molecule has 0 aliphatic carbocycles. The zero-order valence-electron chi connectivity index (χ0n) is 29.5. The summed E-state index contributed by atoms with van der Waals surface area (Å²) < 4.78 is 0. The van der Waals surface area contributed by atoms with E-state index in [1.54, 1.807) is 0 Å². The molecule has 2 aromatic carbocycles. The number of nitrogens with zero attached hydrogens (tertiary/aromatic N) is 3. The molecule has 47 heavy (non-hydrogen) atoms. The maximum Gasteiger partial charge on any atom is 0.0695 e. The van der Waals surface area contributed by atoms with E-state index in [4.69, 9.17) is 34.8 Å². The summed E-state index contributed by atoms with van der Waals surface area (Å²) >= 11 is 21.0.